The molecule has 0 aromatic rings. The number of carbonyl (C=O) groups excluding carboxylic acids is 1. The molecule has 0 rings (SSSR count). The first-order valence-electron chi connectivity index (χ1n) is 18.4. The van der Waals surface area contributed by atoms with Crippen LogP contribution in [0.5, 0.6) is 0 Å². The zero-order valence-electron chi connectivity index (χ0n) is 28.8. The number of nitrogens with one attached hydrogen (secondary N) is 1. The highest BCUT2D eigenvalue weighted by atomic mass is 16.3. The van der Waals surface area contributed by atoms with Crippen molar-refractivity contribution in [1.82, 2.24) is 5.32 Å². The number of aliphatic hydroxyl groups excluding tert-OH is 3. The number of allylic oxidation sites excluding steroid dienone is 8. The van der Waals surface area contributed by atoms with Gasteiger partial charge >= 0.3 is 0 Å². The van der Waals surface area contributed by atoms with Gasteiger partial charge in [0.25, 0.3) is 0 Å². The maximum atomic E-state index is 12.3. The fourth-order valence-electron chi connectivity index (χ4n) is 5.34. The van der Waals surface area contributed by atoms with Crippen molar-refractivity contribution >= 4 is 5.91 Å². The smallest absolute Gasteiger partial charge is 0.220 e. The Labute approximate surface area is 272 Å². The Morgan fingerprint density at radius 3 is 1.57 bits per heavy atom. The highest BCUT2D eigenvalue weighted by molar-refractivity contribution is 5.76. The second-order valence-corrected chi connectivity index (χ2v) is 12.3. The largest absolute Gasteiger partial charge is 0.394 e. The third kappa shape index (κ3) is 29.0. The normalized spacial score (nSPS) is 14.4. The second kappa shape index (κ2) is 34.2. The van der Waals surface area contributed by atoms with Gasteiger partial charge in [0, 0.05) is 6.42 Å². The van der Waals surface area contributed by atoms with Gasteiger partial charge < -0.3 is 20.6 Å². The number of hydrogen-bond acceptors (Lipinski definition) is 4. The van der Waals surface area contributed by atoms with E-state index in [9.17, 15) is 20.1 Å². The summed E-state index contributed by atoms with van der Waals surface area (Å²) in [5.74, 6) is -0.164. The summed E-state index contributed by atoms with van der Waals surface area (Å²) in [4.78, 5) is 12.3. The molecule has 44 heavy (non-hydrogen) atoms. The van der Waals surface area contributed by atoms with E-state index in [4.69, 9.17) is 0 Å². The molecular weight excluding hydrogens is 546 g/mol. The summed E-state index contributed by atoms with van der Waals surface area (Å²) in [6.07, 6.45) is 42.2. The number of hydrogen-bond donors (Lipinski definition) is 4. The molecule has 0 saturated carbocycles. The van der Waals surface area contributed by atoms with Crippen molar-refractivity contribution in [2.75, 3.05) is 6.61 Å². The first-order valence-corrected chi connectivity index (χ1v) is 18.4. The molecule has 0 radical (unpaired) electrons. The van der Waals surface area contributed by atoms with E-state index in [0.29, 0.717) is 12.8 Å². The van der Waals surface area contributed by atoms with Crippen molar-refractivity contribution in [3.8, 4) is 0 Å². The Morgan fingerprint density at radius 2 is 1.00 bits per heavy atom. The molecule has 0 bridgehead atoms. The maximum Gasteiger partial charge on any atom is 0.220 e. The van der Waals surface area contributed by atoms with E-state index in [1.807, 2.05) is 0 Å². The predicted octanol–water partition coefficient (Wildman–Crippen LogP) is 9.81. The lowest BCUT2D eigenvalue weighted by atomic mass is 10.0. The van der Waals surface area contributed by atoms with E-state index >= 15 is 0 Å². The fourth-order valence-corrected chi connectivity index (χ4v) is 5.34. The second-order valence-electron chi connectivity index (χ2n) is 12.3. The predicted molar refractivity (Wildman–Crippen MR) is 190 cm³/mol. The van der Waals surface area contributed by atoms with Gasteiger partial charge in [0.05, 0.1) is 18.8 Å². The Bertz CT molecular complexity index is 730. The maximum absolute atomic E-state index is 12.3. The minimum Gasteiger partial charge on any atom is -0.394 e. The summed E-state index contributed by atoms with van der Waals surface area (Å²) in [6.45, 7) is 3.92. The molecule has 1 amide bonds. The quantitative estimate of drug-likeness (QED) is 0.0447. The van der Waals surface area contributed by atoms with Crippen LogP contribution in [-0.2, 0) is 4.79 Å². The average Bonchev–Trinajstić information content (AvgIpc) is 3.03. The van der Waals surface area contributed by atoms with Gasteiger partial charge in [-0.15, -0.1) is 0 Å². The molecule has 0 spiro atoms. The molecule has 0 aliphatic heterocycles. The highest BCUT2D eigenvalue weighted by Crippen LogP contribution is 2.14. The Kier molecular flexibility index (Phi) is 32.9. The van der Waals surface area contributed by atoms with Gasteiger partial charge in [-0.1, -0.05) is 140 Å². The first kappa shape index (κ1) is 42.3. The molecule has 0 aromatic heterocycles. The van der Waals surface area contributed by atoms with Crippen LogP contribution in [0.15, 0.2) is 48.6 Å². The van der Waals surface area contributed by atoms with Gasteiger partial charge in [-0.05, 0) is 70.6 Å². The van der Waals surface area contributed by atoms with Gasteiger partial charge in [0.15, 0.2) is 0 Å². The van der Waals surface area contributed by atoms with E-state index in [0.717, 1.165) is 64.2 Å². The lowest BCUT2D eigenvalue weighted by Gasteiger charge is -2.26. The van der Waals surface area contributed by atoms with Crippen LogP contribution in [0.4, 0.5) is 0 Å². The molecule has 5 heteroatoms. The summed E-state index contributed by atoms with van der Waals surface area (Å²) in [5.41, 5.74) is 0. The number of unbranched alkanes of at least 4 members (excludes halogenated alkanes) is 16. The minimum absolute atomic E-state index is 0.164. The van der Waals surface area contributed by atoms with Gasteiger partial charge in [0.2, 0.25) is 5.91 Å². The van der Waals surface area contributed by atoms with Crippen molar-refractivity contribution in [2.24, 2.45) is 0 Å². The van der Waals surface area contributed by atoms with E-state index in [2.05, 4.69) is 67.8 Å². The third-order valence-electron chi connectivity index (χ3n) is 8.16. The van der Waals surface area contributed by atoms with Crippen molar-refractivity contribution in [2.45, 2.75) is 186 Å². The average molecular weight is 618 g/mol. The van der Waals surface area contributed by atoms with Crippen LogP contribution in [0.1, 0.15) is 168 Å². The summed E-state index contributed by atoms with van der Waals surface area (Å²) >= 11 is 0. The highest BCUT2D eigenvalue weighted by Gasteiger charge is 2.26. The minimum atomic E-state index is -1.16. The van der Waals surface area contributed by atoms with Crippen molar-refractivity contribution < 1.29 is 20.1 Å². The topological polar surface area (TPSA) is 89.8 Å². The molecule has 0 heterocycles. The van der Waals surface area contributed by atoms with Crippen LogP contribution >= 0.6 is 0 Å². The molecule has 3 atom stereocenters. The van der Waals surface area contributed by atoms with Gasteiger partial charge in [0.1, 0.15) is 6.10 Å². The Balaban J connectivity index is 3.64. The SMILES string of the molecule is CC/C=C\C/C=C\CCCCCCCCCCCCCCCCC(=O)NC(CO)C(O)C(O)CCC/C=C/CC/C=C/CC. The summed E-state index contributed by atoms with van der Waals surface area (Å²) in [5, 5.41) is 33.2. The molecule has 0 fully saturated rings. The number of rotatable bonds is 32. The Morgan fingerprint density at radius 1 is 0.568 bits per heavy atom. The number of aliphatic hydroxyl groups is 3. The van der Waals surface area contributed by atoms with Crippen LogP contribution in [0, 0.1) is 0 Å². The van der Waals surface area contributed by atoms with Crippen LogP contribution in [0.2, 0.25) is 0 Å². The van der Waals surface area contributed by atoms with Crippen LogP contribution in [0.25, 0.3) is 0 Å². The molecule has 0 aliphatic carbocycles. The van der Waals surface area contributed by atoms with E-state index in [1.54, 1.807) is 0 Å². The van der Waals surface area contributed by atoms with Crippen molar-refractivity contribution in [3.05, 3.63) is 48.6 Å². The molecule has 0 saturated heterocycles. The monoisotopic (exact) mass is 618 g/mol. The van der Waals surface area contributed by atoms with Crippen LogP contribution in [-0.4, -0.2) is 46.1 Å². The van der Waals surface area contributed by atoms with Crippen LogP contribution < -0.4 is 5.32 Å². The zero-order valence-corrected chi connectivity index (χ0v) is 28.8. The van der Waals surface area contributed by atoms with Crippen LogP contribution in [0.3, 0.4) is 0 Å². The summed E-state index contributed by atoms with van der Waals surface area (Å²) in [6, 6.07) is -0.830. The van der Waals surface area contributed by atoms with Gasteiger partial charge in [-0.25, -0.2) is 0 Å². The number of amides is 1. The third-order valence-corrected chi connectivity index (χ3v) is 8.16. The lowest BCUT2D eigenvalue weighted by Crippen LogP contribution is -2.50. The van der Waals surface area contributed by atoms with Gasteiger partial charge in [-0.2, -0.15) is 0 Å². The van der Waals surface area contributed by atoms with E-state index in [1.165, 1.54) is 77.0 Å². The van der Waals surface area contributed by atoms with E-state index < -0.39 is 18.2 Å². The van der Waals surface area contributed by atoms with E-state index in [-0.39, 0.29) is 12.5 Å². The molecule has 0 aliphatic rings. The summed E-state index contributed by atoms with van der Waals surface area (Å²) in [7, 11) is 0. The molecule has 4 N–H and O–H groups in total. The zero-order chi connectivity index (χ0) is 32.4. The molecular formula is C39H71NO4. The molecule has 256 valence electrons. The summed E-state index contributed by atoms with van der Waals surface area (Å²) < 4.78 is 0. The first-order chi connectivity index (χ1) is 21.6. The molecule has 3 unspecified atom stereocenters. The van der Waals surface area contributed by atoms with Crippen molar-refractivity contribution in [1.29, 1.82) is 0 Å². The molecule has 0 aromatic carbocycles. The fraction of sp³-hybridized carbons (Fsp3) is 0.769. The molecule has 5 nitrogen and oxygen atoms in total. The Hall–Kier alpha value is -1.69. The number of carbonyl (C=O) groups is 1. The van der Waals surface area contributed by atoms with Gasteiger partial charge in [-0.3, -0.25) is 4.79 Å². The standard InChI is InChI=1S/C39H71NO4/c1-3-5-7-9-11-13-14-15-16-17-18-19-20-21-22-23-24-26-28-30-32-34-38(43)40-36(35-41)39(44)37(42)33-31-29-27-25-12-10-8-6-4-2/h5-8,11,13,25,27,36-37,39,41-42,44H,3-4,9-10,12,14-24,26,28-35H2,1-2H3,(H,40,43)/b7-5-,8-6+,13-11-,27-25+. The van der Waals surface area contributed by atoms with Crippen molar-refractivity contribution in [3.63, 3.8) is 0 Å². The lowest BCUT2D eigenvalue weighted by molar-refractivity contribution is -0.124.